The average Bonchev–Trinajstić information content (AvgIpc) is 2.78. The maximum atomic E-state index is 5.84. The molecule has 0 bridgehead atoms. The van der Waals surface area contributed by atoms with Crippen molar-refractivity contribution in [3.8, 4) is 0 Å². The molecule has 4 nitrogen and oxygen atoms in total. The van der Waals surface area contributed by atoms with Gasteiger partial charge in [-0.3, -0.25) is 0 Å². The van der Waals surface area contributed by atoms with E-state index in [9.17, 15) is 0 Å². The summed E-state index contributed by atoms with van der Waals surface area (Å²) >= 11 is 1.69. The largest absolute Gasteiger partial charge is 0.375 e. The highest BCUT2D eigenvalue weighted by atomic mass is 32.1. The van der Waals surface area contributed by atoms with Crippen LogP contribution in [-0.2, 0) is 4.74 Å². The zero-order chi connectivity index (χ0) is 11.5. The number of thiazole rings is 1. The first kappa shape index (κ1) is 11.8. The first-order chi connectivity index (χ1) is 7.70. The number of aromatic nitrogens is 1. The van der Waals surface area contributed by atoms with Gasteiger partial charge in [0.05, 0.1) is 12.7 Å². The van der Waals surface area contributed by atoms with Crippen LogP contribution in [0.15, 0.2) is 6.20 Å². The van der Waals surface area contributed by atoms with Gasteiger partial charge in [-0.2, -0.15) is 0 Å². The van der Waals surface area contributed by atoms with Crippen LogP contribution in [0, 0.1) is 0 Å². The van der Waals surface area contributed by atoms with Crippen LogP contribution in [0.1, 0.15) is 31.2 Å². The number of hydrogen-bond acceptors (Lipinski definition) is 5. The lowest BCUT2D eigenvalue weighted by atomic mass is 10.2. The van der Waals surface area contributed by atoms with Gasteiger partial charge in [-0.05, 0) is 13.3 Å². The Labute approximate surface area is 100 Å². The fourth-order valence-corrected chi connectivity index (χ4v) is 2.68. The number of hydrogen-bond donors (Lipinski definition) is 1. The molecule has 0 saturated carbocycles. The summed E-state index contributed by atoms with van der Waals surface area (Å²) in [5, 5.41) is 1.08. The molecule has 0 spiro atoms. The highest BCUT2D eigenvalue weighted by Gasteiger charge is 2.21. The van der Waals surface area contributed by atoms with Crippen LogP contribution in [-0.4, -0.2) is 30.8 Å². The highest BCUT2D eigenvalue weighted by Crippen LogP contribution is 2.27. The SMILES string of the molecule is CCC1CN(c2ncc(C(C)N)s2)CCO1. The summed E-state index contributed by atoms with van der Waals surface area (Å²) in [5.74, 6) is 0. The molecule has 0 aliphatic carbocycles. The number of nitrogens with two attached hydrogens (primary N) is 1. The van der Waals surface area contributed by atoms with Crippen LogP contribution in [0.2, 0.25) is 0 Å². The lowest BCUT2D eigenvalue weighted by molar-refractivity contribution is 0.0384. The molecule has 1 aromatic heterocycles. The fourth-order valence-electron chi connectivity index (χ4n) is 1.77. The molecule has 90 valence electrons. The number of ether oxygens (including phenoxy) is 1. The maximum absolute atomic E-state index is 5.84. The van der Waals surface area contributed by atoms with E-state index in [4.69, 9.17) is 10.5 Å². The van der Waals surface area contributed by atoms with Gasteiger partial charge in [0, 0.05) is 30.2 Å². The van der Waals surface area contributed by atoms with Crippen molar-refractivity contribution >= 4 is 16.5 Å². The van der Waals surface area contributed by atoms with Gasteiger partial charge >= 0.3 is 0 Å². The Kier molecular flexibility index (Phi) is 3.78. The lowest BCUT2D eigenvalue weighted by Gasteiger charge is -2.32. The Hall–Kier alpha value is -0.650. The van der Waals surface area contributed by atoms with Crippen molar-refractivity contribution in [2.24, 2.45) is 5.73 Å². The predicted octanol–water partition coefficient (Wildman–Crippen LogP) is 1.78. The molecule has 1 aliphatic heterocycles. The molecule has 1 fully saturated rings. The quantitative estimate of drug-likeness (QED) is 0.876. The van der Waals surface area contributed by atoms with E-state index in [-0.39, 0.29) is 6.04 Å². The van der Waals surface area contributed by atoms with E-state index in [0.29, 0.717) is 6.10 Å². The Morgan fingerprint density at radius 3 is 3.19 bits per heavy atom. The normalized spacial score (nSPS) is 23.4. The molecule has 1 aromatic rings. The lowest BCUT2D eigenvalue weighted by Crippen LogP contribution is -2.42. The van der Waals surface area contributed by atoms with Crippen molar-refractivity contribution in [2.45, 2.75) is 32.4 Å². The molecule has 1 saturated heterocycles. The minimum Gasteiger partial charge on any atom is -0.375 e. The molecule has 0 aromatic carbocycles. The Morgan fingerprint density at radius 2 is 2.56 bits per heavy atom. The Morgan fingerprint density at radius 1 is 1.75 bits per heavy atom. The summed E-state index contributed by atoms with van der Waals surface area (Å²) in [4.78, 5) is 7.89. The second-order valence-corrected chi connectivity index (χ2v) is 5.22. The standard InChI is InChI=1S/C11H19N3OS/c1-3-9-7-14(4-5-15-9)11-13-6-10(16-11)8(2)12/h6,8-9H,3-5,7,12H2,1-2H3. The second-order valence-electron chi connectivity index (χ2n) is 4.18. The van der Waals surface area contributed by atoms with Crippen molar-refractivity contribution in [1.29, 1.82) is 0 Å². The smallest absolute Gasteiger partial charge is 0.185 e. The first-order valence-corrected chi connectivity index (χ1v) is 6.60. The van der Waals surface area contributed by atoms with Crippen molar-refractivity contribution in [1.82, 2.24) is 4.98 Å². The zero-order valence-corrected chi connectivity index (χ0v) is 10.7. The number of nitrogens with zero attached hydrogens (tertiary/aromatic N) is 2. The summed E-state index contributed by atoms with van der Waals surface area (Å²) in [6, 6.07) is 0.0780. The summed E-state index contributed by atoms with van der Waals surface area (Å²) in [5.41, 5.74) is 5.84. The molecule has 5 heteroatoms. The molecule has 2 N–H and O–H groups in total. The molecule has 0 radical (unpaired) electrons. The van der Waals surface area contributed by atoms with Gasteiger partial charge in [0.2, 0.25) is 0 Å². The third-order valence-electron chi connectivity index (χ3n) is 2.82. The van der Waals surface area contributed by atoms with Crippen LogP contribution < -0.4 is 10.6 Å². The van der Waals surface area contributed by atoms with E-state index in [1.165, 1.54) is 0 Å². The minimum absolute atomic E-state index is 0.0780. The molecular formula is C11H19N3OS. The second kappa shape index (κ2) is 5.12. The summed E-state index contributed by atoms with van der Waals surface area (Å²) < 4.78 is 5.64. The fraction of sp³-hybridized carbons (Fsp3) is 0.727. The van der Waals surface area contributed by atoms with E-state index >= 15 is 0 Å². The molecular weight excluding hydrogens is 222 g/mol. The van der Waals surface area contributed by atoms with Crippen LogP contribution in [0.3, 0.4) is 0 Å². The Bertz CT molecular complexity index is 340. The van der Waals surface area contributed by atoms with Crippen LogP contribution in [0.25, 0.3) is 0 Å². The van der Waals surface area contributed by atoms with Crippen molar-refractivity contribution < 1.29 is 4.74 Å². The van der Waals surface area contributed by atoms with E-state index in [1.54, 1.807) is 11.3 Å². The van der Waals surface area contributed by atoms with E-state index in [0.717, 1.165) is 36.1 Å². The van der Waals surface area contributed by atoms with Gasteiger partial charge in [0.15, 0.2) is 5.13 Å². The zero-order valence-electron chi connectivity index (χ0n) is 9.85. The summed E-state index contributed by atoms with van der Waals surface area (Å²) in [7, 11) is 0. The number of morpholine rings is 1. The molecule has 2 unspecified atom stereocenters. The van der Waals surface area contributed by atoms with Gasteiger partial charge in [0.25, 0.3) is 0 Å². The van der Waals surface area contributed by atoms with Crippen LogP contribution in [0.5, 0.6) is 0 Å². The minimum atomic E-state index is 0.0780. The van der Waals surface area contributed by atoms with Gasteiger partial charge in [-0.1, -0.05) is 6.92 Å². The monoisotopic (exact) mass is 241 g/mol. The number of rotatable bonds is 3. The van der Waals surface area contributed by atoms with Gasteiger partial charge in [-0.25, -0.2) is 4.98 Å². The van der Waals surface area contributed by atoms with Crippen molar-refractivity contribution in [3.05, 3.63) is 11.1 Å². The highest BCUT2D eigenvalue weighted by molar-refractivity contribution is 7.15. The third-order valence-corrected chi connectivity index (χ3v) is 4.08. The maximum Gasteiger partial charge on any atom is 0.185 e. The van der Waals surface area contributed by atoms with Crippen molar-refractivity contribution in [3.63, 3.8) is 0 Å². The first-order valence-electron chi connectivity index (χ1n) is 5.78. The molecule has 2 atom stereocenters. The van der Waals surface area contributed by atoms with Crippen molar-refractivity contribution in [2.75, 3.05) is 24.6 Å². The van der Waals surface area contributed by atoms with Gasteiger partial charge < -0.3 is 15.4 Å². The van der Waals surface area contributed by atoms with E-state index < -0.39 is 0 Å². The van der Waals surface area contributed by atoms with Gasteiger partial charge in [-0.15, -0.1) is 11.3 Å². The molecule has 2 rings (SSSR count). The van der Waals surface area contributed by atoms with Crippen LogP contribution in [0.4, 0.5) is 5.13 Å². The molecule has 0 amide bonds. The van der Waals surface area contributed by atoms with Crippen LogP contribution >= 0.6 is 11.3 Å². The van der Waals surface area contributed by atoms with Gasteiger partial charge in [0.1, 0.15) is 0 Å². The molecule has 2 heterocycles. The Balaban J connectivity index is 2.05. The molecule has 1 aliphatic rings. The summed E-state index contributed by atoms with van der Waals surface area (Å²) in [6.07, 6.45) is 3.29. The van der Waals surface area contributed by atoms with E-state index in [2.05, 4.69) is 16.8 Å². The number of anilines is 1. The van der Waals surface area contributed by atoms with E-state index in [1.807, 2.05) is 13.1 Å². The molecule has 16 heavy (non-hydrogen) atoms. The third kappa shape index (κ3) is 2.53. The summed E-state index contributed by atoms with van der Waals surface area (Å²) in [6.45, 7) is 6.82. The topological polar surface area (TPSA) is 51.4 Å². The predicted molar refractivity (Wildman–Crippen MR) is 67.0 cm³/mol. The average molecular weight is 241 g/mol.